The highest BCUT2D eigenvalue weighted by molar-refractivity contribution is 6.34. The number of rotatable bonds is 5. The van der Waals surface area contributed by atoms with Gasteiger partial charge in [-0.2, -0.15) is 0 Å². The van der Waals surface area contributed by atoms with Crippen LogP contribution in [0.3, 0.4) is 0 Å². The van der Waals surface area contributed by atoms with Crippen LogP contribution in [0.5, 0.6) is 0 Å². The van der Waals surface area contributed by atoms with Gasteiger partial charge in [0.05, 0.1) is 11.1 Å². The second kappa shape index (κ2) is 5.76. The first-order valence-electron chi connectivity index (χ1n) is 7.07. The lowest BCUT2D eigenvalue weighted by Crippen LogP contribution is -2.51. The Hall–Kier alpha value is -1.03. The number of benzene rings is 1. The zero-order chi connectivity index (χ0) is 14.9. The first kappa shape index (κ1) is 15.4. The zero-order valence-corrected chi connectivity index (χ0v) is 13.4. The molecule has 3 nitrogen and oxygen atoms in total. The topological polar surface area (TPSA) is 42.4 Å². The van der Waals surface area contributed by atoms with Crippen molar-refractivity contribution in [3.63, 3.8) is 0 Å². The minimum Gasteiger partial charge on any atom is -0.458 e. The van der Waals surface area contributed by atoms with Gasteiger partial charge in [-0.3, -0.25) is 0 Å². The standard InChI is InChI=1S/C16H23ClN2O/c1-5-16(6-2,19(3)4)15(18)13-10-11-8-7-9-12(17)14(11)20-13/h7-10,15H,5-6,18H2,1-4H3. The summed E-state index contributed by atoms with van der Waals surface area (Å²) >= 11 is 6.17. The van der Waals surface area contributed by atoms with E-state index < -0.39 is 0 Å². The van der Waals surface area contributed by atoms with E-state index in [-0.39, 0.29) is 11.6 Å². The normalized spacial score (nSPS) is 14.2. The van der Waals surface area contributed by atoms with Crippen LogP contribution in [0.4, 0.5) is 0 Å². The molecule has 0 saturated heterocycles. The van der Waals surface area contributed by atoms with Gasteiger partial charge in [0.1, 0.15) is 5.76 Å². The van der Waals surface area contributed by atoms with Gasteiger partial charge in [-0.15, -0.1) is 0 Å². The van der Waals surface area contributed by atoms with Crippen LogP contribution >= 0.6 is 11.6 Å². The van der Waals surface area contributed by atoms with E-state index in [1.165, 1.54) is 0 Å². The van der Waals surface area contributed by atoms with Gasteiger partial charge in [-0.25, -0.2) is 0 Å². The summed E-state index contributed by atoms with van der Waals surface area (Å²) in [5, 5.41) is 1.63. The summed E-state index contributed by atoms with van der Waals surface area (Å²) in [6.07, 6.45) is 1.92. The quantitative estimate of drug-likeness (QED) is 0.898. The summed E-state index contributed by atoms with van der Waals surface area (Å²) in [6.45, 7) is 4.33. The first-order chi connectivity index (χ1) is 9.46. The van der Waals surface area contributed by atoms with Gasteiger partial charge in [-0.05, 0) is 39.1 Å². The number of hydrogen-bond acceptors (Lipinski definition) is 3. The Morgan fingerprint density at radius 3 is 2.45 bits per heavy atom. The maximum Gasteiger partial charge on any atom is 0.152 e. The van der Waals surface area contributed by atoms with Crippen LogP contribution in [0.25, 0.3) is 11.0 Å². The van der Waals surface area contributed by atoms with Crippen molar-refractivity contribution in [1.82, 2.24) is 4.90 Å². The monoisotopic (exact) mass is 294 g/mol. The van der Waals surface area contributed by atoms with Crippen molar-refractivity contribution in [1.29, 1.82) is 0 Å². The summed E-state index contributed by atoms with van der Waals surface area (Å²) in [5.41, 5.74) is 7.14. The predicted octanol–water partition coefficient (Wildman–Crippen LogP) is 4.21. The van der Waals surface area contributed by atoms with E-state index in [1.807, 2.05) is 24.3 Å². The summed E-state index contributed by atoms with van der Waals surface area (Å²) < 4.78 is 5.94. The van der Waals surface area contributed by atoms with Gasteiger partial charge in [0.25, 0.3) is 0 Å². The van der Waals surface area contributed by atoms with E-state index in [1.54, 1.807) is 0 Å². The number of nitrogens with two attached hydrogens (primary N) is 1. The number of furan rings is 1. The minimum absolute atomic E-state index is 0.111. The molecule has 0 radical (unpaired) electrons. The van der Waals surface area contributed by atoms with Crippen molar-refractivity contribution >= 4 is 22.6 Å². The SMILES string of the molecule is CCC(CC)(C(N)c1cc2cccc(Cl)c2o1)N(C)C. The number of halogens is 1. The molecule has 1 atom stereocenters. The van der Waals surface area contributed by atoms with E-state index in [0.29, 0.717) is 5.02 Å². The van der Waals surface area contributed by atoms with Gasteiger partial charge in [0.15, 0.2) is 5.58 Å². The molecule has 0 spiro atoms. The number of hydrogen-bond donors (Lipinski definition) is 1. The smallest absolute Gasteiger partial charge is 0.152 e. The molecule has 0 amide bonds. The summed E-state index contributed by atoms with van der Waals surface area (Å²) in [6, 6.07) is 7.58. The Bertz CT molecular complexity index is 587. The van der Waals surface area contributed by atoms with Crippen LogP contribution in [0.2, 0.25) is 5.02 Å². The van der Waals surface area contributed by atoms with Crippen LogP contribution in [0.1, 0.15) is 38.5 Å². The lowest BCUT2D eigenvalue weighted by atomic mass is 9.82. The van der Waals surface area contributed by atoms with Crippen LogP contribution in [0, 0.1) is 0 Å². The average molecular weight is 295 g/mol. The van der Waals surface area contributed by atoms with E-state index in [2.05, 4.69) is 32.8 Å². The fourth-order valence-electron chi connectivity index (χ4n) is 3.07. The van der Waals surface area contributed by atoms with Gasteiger partial charge >= 0.3 is 0 Å². The van der Waals surface area contributed by atoms with Crippen LogP contribution < -0.4 is 5.73 Å². The summed E-state index contributed by atoms with van der Waals surface area (Å²) in [7, 11) is 4.14. The third-order valence-corrected chi connectivity index (χ3v) is 4.81. The Morgan fingerprint density at radius 2 is 1.95 bits per heavy atom. The van der Waals surface area contributed by atoms with E-state index >= 15 is 0 Å². The number of likely N-dealkylation sites (N-methyl/N-ethyl adjacent to an activating group) is 1. The van der Waals surface area contributed by atoms with Crippen molar-refractivity contribution in [3.8, 4) is 0 Å². The molecule has 110 valence electrons. The molecule has 0 aliphatic carbocycles. The molecule has 1 unspecified atom stereocenters. The second-order valence-corrected chi connectivity index (χ2v) is 5.90. The molecule has 0 aliphatic rings. The van der Waals surface area contributed by atoms with E-state index in [9.17, 15) is 0 Å². The highest BCUT2D eigenvalue weighted by Crippen LogP contribution is 2.37. The molecule has 0 fully saturated rings. The van der Waals surface area contributed by atoms with Gasteiger partial charge in [0, 0.05) is 10.9 Å². The molecular weight excluding hydrogens is 272 g/mol. The summed E-state index contributed by atoms with van der Waals surface area (Å²) in [5.74, 6) is 0.797. The maximum atomic E-state index is 6.53. The molecule has 0 aliphatic heterocycles. The average Bonchev–Trinajstić information content (AvgIpc) is 2.85. The molecule has 0 bridgehead atoms. The highest BCUT2D eigenvalue weighted by Gasteiger charge is 2.38. The molecule has 20 heavy (non-hydrogen) atoms. The largest absolute Gasteiger partial charge is 0.458 e. The zero-order valence-electron chi connectivity index (χ0n) is 12.6. The van der Waals surface area contributed by atoms with Crippen LogP contribution in [0.15, 0.2) is 28.7 Å². The predicted molar refractivity (Wildman–Crippen MR) is 85.2 cm³/mol. The van der Waals surface area contributed by atoms with E-state index in [0.717, 1.165) is 29.6 Å². The van der Waals surface area contributed by atoms with Crippen molar-refractivity contribution < 1.29 is 4.42 Å². The van der Waals surface area contributed by atoms with Crippen LogP contribution in [-0.4, -0.2) is 24.5 Å². The lowest BCUT2D eigenvalue weighted by Gasteiger charge is -2.42. The number of fused-ring (bicyclic) bond motifs is 1. The van der Waals surface area contributed by atoms with Crippen molar-refractivity contribution in [3.05, 3.63) is 35.0 Å². The van der Waals surface area contributed by atoms with Crippen LogP contribution in [-0.2, 0) is 0 Å². The second-order valence-electron chi connectivity index (χ2n) is 5.49. The number of nitrogens with zero attached hydrogens (tertiary/aromatic N) is 1. The van der Waals surface area contributed by atoms with Gasteiger partial charge in [0.2, 0.25) is 0 Å². The third-order valence-electron chi connectivity index (χ3n) is 4.52. The molecule has 1 heterocycles. The number of para-hydroxylation sites is 1. The molecule has 1 aromatic heterocycles. The molecule has 1 aromatic carbocycles. The maximum absolute atomic E-state index is 6.53. The Morgan fingerprint density at radius 1 is 1.30 bits per heavy atom. The molecule has 2 aromatic rings. The third kappa shape index (κ3) is 2.34. The molecule has 4 heteroatoms. The Kier molecular flexibility index (Phi) is 4.43. The highest BCUT2D eigenvalue weighted by atomic mass is 35.5. The van der Waals surface area contributed by atoms with Gasteiger partial charge < -0.3 is 15.1 Å². The van der Waals surface area contributed by atoms with E-state index in [4.69, 9.17) is 21.8 Å². The van der Waals surface area contributed by atoms with Crippen molar-refractivity contribution in [2.75, 3.05) is 14.1 Å². The Balaban J connectivity index is 2.49. The van der Waals surface area contributed by atoms with Crippen molar-refractivity contribution in [2.45, 2.75) is 38.3 Å². The molecule has 0 saturated carbocycles. The minimum atomic E-state index is -0.184. The molecular formula is C16H23ClN2O. The van der Waals surface area contributed by atoms with Gasteiger partial charge in [-0.1, -0.05) is 37.6 Å². The van der Waals surface area contributed by atoms with Crippen molar-refractivity contribution in [2.24, 2.45) is 5.73 Å². The lowest BCUT2D eigenvalue weighted by molar-refractivity contribution is 0.0969. The Labute approximate surface area is 125 Å². The fraction of sp³-hybridized carbons (Fsp3) is 0.500. The molecule has 2 rings (SSSR count). The fourth-order valence-corrected chi connectivity index (χ4v) is 3.29. The summed E-state index contributed by atoms with van der Waals surface area (Å²) in [4.78, 5) is 2.20. The molecule has 2 N–H and O–H groups in total. The first-order valence-corrected chi connectivity index (χ1v) is 7.45.